The number of carbonyl (C=O) groups excluding carboxylic acids is 2. The van der Waals surface area contributed by atoms with Crippen molar-refractivity contribution in [3.05, 3.63) is 18.0 Å². The van der Waals surface area contributed by atoms with Crippen LogP contribution < -0.4 is 5.73 Å². The molecule has 0 aliphatic carbocycles. The van der Waals surface area contributed by atoms with E-state index in [9.17, 15) is 9.59 Å². The summed E-state index contributed by atoms with van der Waals surface area (Å²) >= 11 is 0. The number of rotatable bonds is 3. The third-order valence-corrected chi connectivity index (χ3v) is 2.18. The molecule has 0 spiro atoms. The van der Waals surface area contributed by atoms with Crippen molar-refractivity contribution in [1.29, 1.82) is 0 Å². The van der Waals surface area contributed by atoms with Crippen molar-refractivity contribution >= 4 is 12.1 Å². The number of aromatic nitrogens is 2. The number of nitrogens with two attached hydrogens (primary N) is 1. The summed E-state index contributed by atoms with van der Waals surface area (Å²) in [7, 11) is 1.27. The molecule has 0 saturated carbocycles. The van der Waals surface area contributed by atoms with Gasteiger partial charge in [-0.25, -0.2) is 4.79 Å². The zero-order valence-corrected chi connectivity index (χ0v) is 11.5. The first-order valence-electron chi connectivity index (χ1n) is 5.83. The van der Waals surface area contributed by atoms with Crippen molar-refractivity contribution in [3.8, 4) is 0 Å². The highest BCUT2D eigenvalue weighted by molar-refractivity contribution is 5.75. The molecule has 1 aromatic heterocycles. The van der Waals surface area contributed by atoms with Crippen LogP contribution in [0.15, 0.2) is 12.4 Å². The monoisotopic (exact) mass is 269 g/mol. The highest BCUT2D eigenvalue weighted by atomic mass is 16.6. The molecule has 0 radical (unpaired) electrons. The molecule has 0 fully saturated rings. The van der Waals surface area contributed by atoms with Crippen LogP contribution in [0.3, 0.4) is 0 Å². The van der Waals surface area contributed by atoms with Gasteiger partial charge in [0.05, 0.1) is 13.3 Å². The third kappa shape index (κ3) is 4.70. The van der Waals surface area contributed by atoms with Gasteiger partial charge in [0, 0.05) is 12.6 Å². The minimum Gasteiger partial charge on any atom is -0.468 e. The van der Waals surface area contributed by atoms with E-state index in [0.29, 0.717) is 5.56 Å². The van der Waals surface area contributed by atoms with Gasteiger partial charge >= 0.3 is 12.1 Å². The predicted octanol–water partition coefficient (Wildman–Crippen LogP) is 0.709. The summed E-state index contributed by atoms with van der Waals surface area (Å²) in [6.45, 7) is 5.30. The second-order valence-electron chi connectivity index (χ2n) is 5.11. The van der Waals surface area contributed by atoms with Gasteiger partial charge in [0.25, 0.3) is 0 Å². The van der Waals surface area contributed by atoms with Crippen molar-refractivity contribution in [1.82, 2.24) is 9.78 Å². The van der Waals surface area contributed by atoms with Crippen molar-refractivity contribution < 1.29 is 19.1 Å². The molecular formula is C12H19N3O4. The van der Waals surface area contributed by atoms with Gasteiger partial charge in [-0.15, -0.1) is 0 Å². The number of hydrogen-bond donors (Lipinski definition) is 1. The fourth-order valence-electron chi connectivity index (χ4n) is 1.36. The molecule has 1 atom stereocenters. The molecule has 19 heavy (non-hydrogen) atoms. The molecule has 0 aliphatic rings. The Morgan fingerprint density at radius 2 is 2.11 bits per heavy atom. The van der Waals surface area contributed by atoms with Gasteiger partial charge in [-0.05, 0) is 26.3 Å². The van der Waals surface area contributed by atoms with E-state index in [-0.39, 0.29) is 6.42 Å². The van der Waals surface area contributed by atoms with Crippen molar-refractivity contribution in [2.24, 2.45) is 5.73 Å². The maximum atomic E-state index is 11.7. The zero-order chi connectivity index (χ0) is 14.6. The van der Waals surface area contributed by atoms with Gasteiger partial charge < -0.3 is 15.2 Å². The van der Waals surface area contributed by atoms with Crippen LogP contribution in [0.5, 0.6) is 0 Å². The van der Waals surface area contributed by atoms with E-state index in [1.54, 1.807) is 20.8 Å². The number of carbonyl (C=O) groups is 2. The van der Waals surface area contributed by atoms with Crippen LogP contribution >= 0.6 is 0 Å². The molecule has 1 heterocycles. The van der Waals surface area contributed by atoms with Crippen molar-refractivity contribution in [3.63, 3.8) is 0 Å². The molecule has 106 valence electrons. The van der Waals surface area contributed by atoms with Crippen LogP contribution in [0.4, 0.5) is 4.79 Å². The smallest absolute Gasteiger partial charge is 0.435 e. The summed E-state index contributed by atoms with van der Waals surface area (Å²) in [4.78, 5) is 22.9. The molecule has 7 nitrogen and oxygen atoms in total. The van der Waals surface area contributed by atoms with E-state index in [1.165, 1.54) is 19.5 Å². The maximum absolute atomic E-state index is 11.7. The molecule has 0 aliphatic heterocycles. The second-order valence-corrected chi connectivity index (χ2v) is 5.11. The topological polar surface area (TPSA) is 96.4 Å². The molecular weight excluding hydrogens is 250 g/mol. The van der Waals surface area contributed by atoms with Crippen molar-refractivity contribution in [2.45, 2.75) is 38.8 Å². The quantitative estimate of drug-likeness (QED) is 0.812. The minimum atomic E-state index is -0.777. The lowest BCUT2D eigenvalue weighted by atomic mass is 10.1. The zero-order valence-electron chi connectivity index (χ0n) is 11.5. The first-order chi connectivity index (χ1) is 8.73. The molecule has 7 heteroatoms. The third-order valence-electron chi connectivity index (χ3n) is 2.18. The largest absolute Gasteiger partial charge is 0.468 e. The molecule has 0 saturated heterocycles. The van der Waals surface area contributed by atoms with Gasteiger partial charge in [-0.2, -0.15) is 9.78 Å². The van der Waals surface area contributed by atoms with E-state index in [0.717, 1.165) is 4.68 Å². The average molecular weight is 269 g/mol. The number of esters is 1. The Balaban J connectivity index is 2.67. The van der Waals surface area contributed by atoms with Crippen LogP contribution in [-0.4, -0.2) is 40.6 Å². The Kier molecular flexibility index (Phi) is 4.66. The lowest BCUT2D eigenvalue weighted by Crippen LogP contribution is -2.33. The number of methoxy groups -OCH3 is 1. The highest BCUT2D eigenvalue weighted by Gasteiger charge is 2.20. The first kappa shape index (κ1) is 15.2. The van der Waals surface area contributed by atoms with Crippen molar-refractivity contribution in [2.75, 3.05) is 7.11 Å². The second kappa shape index (κ2) is 5.83. The standard InChI is InChI=1S/C12H19N3O4/c1-12(2,3)19-11(17)15-7-8(6-14-15)5-9(13)10(16)18-4/h6-7,9H,5,13H2,1-4H3/t9-/m0/s1. The van der Waals surface area contributed by atoms with Crippen LogP contribution in [0.25, 0.3) is 0 Å². The Labute approximate surface area is 111 Å². The summed E-state index contributed by atoms with van der Waals surface area (Å²) in [5.41, 5.74) is 5.68. The number of nitrogens with zero attached hydrogens (tertiary/aromatic N) is 2. The average Bonchev–Trinajstić information content (AvgIpc) is 2.74. The first-order valence-corrected chi connectivity index (χ1v) is 5.83. The van der Waals surface area contributed by atoms with Gasteiger partial charge in [-0.1, -0.05) is 0 Å². The fraction of sp³-hybridized carbons (Fsp3) is 0.583. The van der Waals surface area contributed by atoms with Gasteiger partial charge in [0.2, 0.25) is 0 Å². The number of ether oxygens (including phenoxy) is 2. The molecule has 1 rings (SSSR count). The van der Waals surface area contributed by atoms with Crippen LogP contribution in [0, 0.1) is 0 Å². The van der Waals surface area contributed by atoms with Gasteiger partial charge in [-0.3, -0.25) is 4.79 Å². The molecule has 0 bridgehead atoms. The van der Waals surface area contributed by atoms with Crippen LogP contribution in [0.2, 0.25) is 0 Å². The van der Waals surface area contributed by atoms with Gasteiger partial charge in [0.15, 0.2) is 0 Å². The van der Waals surface area contributed by atoms with Crippen LogP contribution in [0.1, 0.15) is 26.3 Å². The van der Waals surface area contributed by atoms with E-state index in [4.69, 9.17) is 10.5 Å². The summed E-state index contributed by atoms with van der Waals surface area (Å²) in [6.07, 6.45) is 2.62. The number of hydrogen-bond acceptors (Lipinski definition) is 6. The molecule has 1 aromatic rings. The Morgan fingerprint density at radius 3 is 2.63 bits per heavy atom. The molecule has 0 unspecified atom stereocenters. The Bertz CT molecular complexity index is 462. The lowest BCUT2D eigenvalue weighted by Gasteiger charge is -2.18. The SMILES string of the molecule is COC(=O)[C@@H](N)Cc1cnn(C(=O)OC(C)(C)C)c1. The normalized spacial score (nSPS) is 12.9. The van der Waals surface area contributed by atoms with Gasteiger partial charge in [0.1, 0.15) is 11.6 Å². The Hall–Kier alpha value is -1.89. The van der Waals surface area contributed by atoms with E-state index < -0.39 is 23.7 Å². The summed E-state index contributed by atoms with van der Waals surface area (Å²) in [5.74, 6) is -0.509. The fourth-order valence-corrected chi connectivity index (χ4v) is 1.36. The van der Waals surface area contributed by atoms with E-state index in [1.807, 2.05) is 0 Å². The van der Waals surface area contributed by atoms with E-state index in [2.05, 4.69) is 9.84 Å². The molecule has 2 N–H and O–H groups in total. The lowest BCUT2D eigenvalue weighted by molar-refractivity contribution is -0.142. The summed E-state index contributed by atoms with van der Waals surface area (Å²) < 4.78 is 10.7. The van der Waals surface area contributed by atoms with E-state index >= 15 is 0 Å². The summed E-state index contributed by atoms with van der Waals surface area (Å²) in [5, 5.41) is 3.87. The Morgan fingerprint density at radius 1 is 1.47 bits per heavy atom. The minimum absolute atomic E-state index is 0.246. The maximum Gasteiger partial charge on any atom is 0.435 e. The summed E-state index contributed by atoms with van der Waals surface area (Å²) in [6, 6.07) is -0.777. The highest BCUT2D eigenvalue weighted by Crippen LogP contribution is 2.09. The molecule has 0 aromatic carbocycles. The van der Waals surface area contributed by atoms with Crippen LogP contribution in [-0.2, 0) is 20.7 Å². The molecule has 0 amide bonds. The predicted molar refractivity (Wildman–Crippen MR) is 67.6 cm³/mol.